The number of benzene rings is 2. The van der Waals surface area contributed by atoms with E-state index < -0.39 is 0 Å². The number of hydrogen-bond acceptors (Lipinski definition) is 8. The highest BCUT2D eigenvalue weighted by molar-refractivity contribution is 5.85. The number of phenolic OH excluding ortho intramolecular Hbond substituents is 2. The maximum absolute atomic E-state index is 11.3. The fraction of sp³-hybridized carbons (Fsp3) is 0.314. The van der Waals surface area contributed by atoms with Gasteiger partial charge in [-0.2, -0.15) is 0 Å². The van der Waals surface area contributed by atoms with E-state index in [0.29, 0.717) is 52.4 Å². The number of pyridine rings is 2. The number of nitrogens with zero attached hydrogens (tertiary/aromatic N) is 6. The standard InChI is InChI=1S/C35H40N6O2/c1-26-16-28-20-36-10-7-11-37-21-29-17-27(2)19-31(35(29)43)23-41(25-33-9-4-6-13-39-33)15-14-40(22-30(18-26)34(28)42)24-32-8-3-5-12-38-32/h3-6,8-9,12-13,16-21,42-43H,7,10-11,14-15,22-25H2,1-2H3. The maximum atomic E-state index is 11.3. The van der Waals surface area contributed by atoms with E-state index in [-0.39, 0.29) is 11.5 Å². The molecule has 43 heavy (non-hydrogen) atoms. The summed E-state index contributed by atoms with van der Waals surface area (Å²) >= 11 is 0. The van der Waals surface area contributed by atoms with Gasteiger partial charge in [-0.05, 0) is 67.8 Å². The van der Waals surface area contributed by atoms with Crippen LogP contribution < -0.4 is 0 Å². The summed E-state index contributed by atoms with van der Waals surface area (Å²) in [5, 5.41) is 22.5. The average molecular weight is 577 g/mol. The van der Waals surface area contributed by atoms with Crippen LogP contribution in [0.5, 0.6) is 11.5 Å². The van der Waals surface area contributed by atoms with Crippen molar-refractivity contribution in [1.29, 1.82) is 0 Å². The van der Waals surface area contributed by atoms with E-state index in [1.165, 1.54) is 0 Å². The molecule has 2 aromatic heterocycles. The molecule has 5 rings (SSSR count). The van der Waals surface area contributed by atoms with Crippen molar-refractivity contribution < 1.29 is 10.2 Å². The number of aromatic nitrogens is 2. The van der Waals surface area contributed by atoms with Crippen LogP contribution in [0, 0.1) is 13.8 Å². The largest absolute Gasteiger partial charge is 0.507 e. The first kappa shape index (κ1) is 30.1. The summed E-state index contributed by atoms with van der Waals surface area (Å²) in [4.78, 5) is 22.9. The van der Waals surface area contributed by atoms with Crippen molar-refractivity contribution >= 4 is 12.4 Å². The van der Waals surface area contributed by atoms with E-state index in [2.05, 4.69) is 29.8 Å². The number of aromatic hydroxyl groups is 2. The minimum Gasteiger partial charge on any atom is -0.507 e. The molecule has 0 amide bonds. The van der Waals surface area contributed by atoms with Crippen molar-refractivity contribution in [3.63, 3.8) is 0 Å². The molecule has 0 spiro atoms. The maximum Gasteiger partial charge on any atom is 0.128 e. The normalized spacial score (nSPS) is 15.5. The van der Waals surface area contributed by atoms with Crippen LogP contribution in [0.1, 0.15) is 51.2 Å². The molecule has 8 nitrogen and oxygen atoms in total. The highest BCUT2D eigenvalue weighted by Crippen LogP contribution is 2.27. The first-order valence-corrected chi connectivity index (χ1v) is 14.8. The molecule has 4 aromatic rings. The molecule has 0 saturated carbocycles. The van der Waals surface area contributed by atoms with Crippen molar-refractivity contribution in [3.05, 3.63) is 118 Å². The van der Waals surface area contributed by atoms with Crippen LogP contribution in [0.4, 0.5) is 0 Å². The van der Waals surface area contributed by atoms with Crippen molar-refractivity contribution in [2.45, 2.75) is 46.4 Å². The Hall–Kier alpha value is -4.40. The fourth-order valence-corrected chi connectivity index (χ4v) is 5.42. The Balaban J connectivity index is 1.51. The van der Waals surface area contributed by atoms with Crippen molar-refractivity contribution in [3.8, 4) is 11.5 Å². The molecule has 222 valence electrons. The monoisotopic (exact) mass is 576 g/mol. The van der Waals surface area contributed by atoms with E-state index in [9.17, 15) is 10.2 Å². The number of phenols is 2. The molecule has 0 saturated heterocycles. The smallest absolute Gasteiger partial charge is 0.128 e. The van der Waals surface area contributed by atoms with Crippen LogP contribution >= 0.6 is 0 Å². The number of aryl methyl sites for hydroxylation is 2. The van der Waals surface area contributed by atoms with Crippen LogP contribution in [-0.2, 0) is 26.2 Å². The molecule has 1 aliphatic rings. The van der Waals surface area contributed by atoms with Crippen LogP contribution in [0.2, 0.25) is 0 Å². The SMILES string of the molecule is Cc1cc2c(O)c(c1)CN(Cc1ccccn1)CCN(Cc1ccccn1)Cc1cc(C)cc(c1O)C=NCCCN=C2. The number of aliphatic imine (C=N–C) groups is 2. The van der Waals surface area contributed by atoms with E-state index >= 15 is 0 Å². The van der Waals surface area contributed by atoms with Gasteiger partial charge in [0.05, 0.1) is 11.4 Å². The second-order valence-electron chi connectivity index (χ2n) is 11.2. The van der Waals surface area contributed by atoms with E-state index in [4.69, 9.17) is 0 Å². The molecular formula is C35H40N6O2. The Labute approximate surface area is 254 Å². The third-order valence-corrected chi connectivity index (χ3v) is 7.50. The molecule has 2 N–H and O–H groups in total. The van der Waals surface area contributed by atoms with Gasteiger partial charge in [0.15, 0.2) is 0 Å². The van der Waals surface area contributed by atoms with E-state index in [0.717, 1.165) is 51.2 Å². The molecule has 0 fully saturated rings. The third kappa shape index (κ3) is 8.56. The quantitative estimate of drug-likeness (QED) is 0.335. The molecule has 0 unspecified atom stereocenters. The lowest BCUT2D eigenvalue weighted by molar-refractivity contribution is 0.178. The lowest BCUT2D eigenvalue weighted by atomic mass is 10.0. The minimum absolute atomic E-state index is 0.262. The molecular weight excluding hydrogens is 536 g/mol. The molecule has 4 bridgehead atoms. The first-order chi connectivity index (χ1) is 20.9. The first-order valence-electron chi connectivity index (χ1n) is 14.8. The zero-order valence-electron chi connectivity index (χ0n) is 25.0. The predicted octanol–water partition coefficient (Wildman–Crippen LogP) is 5.45. The van der Waals surface area contributed by atoms with Crippen molar-refractivity contribution in [1.82, 2.24) is 19.8 Å². The summed E-state index contributed by atoms with van der Waals surface area (Å²) in [5.74, 6) is 0.524. The molecule has 3 heterocycles. The molecule has 0 aliphatic carbocycles. The predicted molar refractivity (Wildman–Crippen MR) is 172 cm³/mol. The second-order valence-corrected chi connectivity index (χ2v) is 11.2. The fourth-order valence-electron chi connectivity index (χ4n) is 5.42. The van der Waals surface area contributed by atoms with Gasteiger partial charge in [0.1, 0.15) is 11.5 Å². The van der Waals surface area contributed by atoms with Crippen LogP contribution in [0.15, 0.2) is 83.0 Å². The van der Waals surface area contributed by atoms with Gasteiger partial charge in [0.25, 0.3) is 0 Å². The van der Waals surface area contributed by atoms with Gasteiger partial charge in [-0.1, -0.05) is 24.3 Å². The highest BCUT2D eigenvalue weighted by atomic mass is 16.3. The highest BCUT2D eigenvalue weighted by Gasteiger charge is 2.18. The summed E-state index contributed by atoms with van der Waals surface area (Å²) in [6, 6.07) is 19.9. The van der Waals surface area contributed by atoms with Gasteiger partial charge in [-0.3, -0.25) is 29.8 Å². The minimum atomic E-state index is 0.262. The summed E-state index contributed by atoms with van der Waals surface area (Å²) < 4.78 is 0. The Morgan fingerprint density at radius 3 is 1.53 bits per heavy atom. The number of rotatable bonds is 4. The Morgan fingerprint density at radius 1 is 0.651 bits per heavy atom. The van der Waals surface area contributed by atoms with Gasteiger partial charge in [0.2, 0.25) is 0 Å². The Bertz CT molecular complexity index is 1440. The van der Waals surface area contributed by atoms with Crippen LogP contribution in [-0.4, -0.2) is 68.6 Å². The van der Waals surface area contributed by atoms with Gasteiger partial charge < -0.3 is 10.2 Å². The topological polar surface area (TPSA) is 97.4 Å². The van der Waals surface area contributed by atoms with Crippen LogP contribution in [0.3, 0.4) is 0 Å². The van der Waals surface area contributed by atoms with E-state index in [1.54, 1.807) is 12.4 Å². The summed E-state index contributed by atoms with van der Waals surface area (Å²) in [6.07, 6.45) is 7.92. The number of fused-ring (bicyclic) bond motifs is 4. The van der Waals surface area contributed by atoms with Crippen molar-refractivity contribution in [2.24, 2.45) is 9.98 Å². The molecule has 8 heteroatoms. The molecule has 1 aliphatic heterocycles. The third-order valence-electron chi connectivity index (χ3n) is 7.50. The van der Waals surface area contributed by atoms with Gasteiger partial charge in [0, 0.05) is 99.4 Å². The Morgan fingerprint density at radius 2 is 1.12 bits per heavy atom. The number of hydrogen-bond donors (Lipinski definition) is 2. The second kappa shape index (κ2) is 14.7. The van der Waals surface area contributed by atoms with E-state index in [1.807, 2.05) is 86.9 Å². The lowest BCUT2D eigenvalue weighted by Gasteiger charge is -2.28. The lowest BCUT2D eigenvalue weighted by Crippen LogP contribution is -2.34. The van der Waals surface area contributed by atoms with Gasteiger partial charge in [-0.25, -0.2) is 0 Å². The van der Waals surface area contributed by atoms with Gasteiger partial charge >= 0.3 is 0 Å². The van der Waals surface area contributed by atoms with Crippen LogP contribution in [0.25, 0.3) is 0 Å². The zero-order chi connectivity index (χ0) is 30.0. The zero-order valence-corrected chi connectivity index (χ0v) is 25.0. The summed E-state index contributed by atoms with van der Waals surface area (Å²) in [5.41, 5.74) is 7.24. The molecule has 0 atom stereocenters. The van der Waals surface area contributed by atoms with Gasteiger partial charge in [-0.15, -0.1) is 0 Å². The molecule has 0 radical (unpaired) electrons. The molecule has 2 aromatic carbocycles. The Kier molecular flexibility index (Phi) is 10.3. The summed E-state index contributed by atoms with van der Waals surface area (Å²) in [6.45, 7) is 9.07. The average Bonchev–Trinajstić information content (AvgIpc) is 3.00. The summed E-state index contributed by atoms with van der Waals surface area (Å²) in [7, 11) is 0. The van der Waals surface area contributed by atoms with Crippen molar-refractivity contribution in [2.75, 3.05) is 26.2 Å².